The van der Waals surface area contributed by atoms with E-state index in [4.69, 9.17) is 9.72 Å². The van der Waals surface area contributed by atoms with Crippen molar-refractivity contribution in [3.8, 4) is 11.6 Å². The number of aromatic nitrogens is 5. The van der Waals surface area contributed by atoms with Crippen LogP contribution in [0.5, 0.6) is 11.6 Å². The van der Waals surface area contributed by atoms with Gasteiger partial charge in [0.05, 0.1) is 41.8 Å². The molecule has 0 radical (unpaired) electrons. The van der Waals surface area contributed by atoms with E-state index in [2.05, 4.69) is 24.4 Å². The molecule has 26 heavy (non-hydrogen) atoms. The van der Waals surface area contributed by atoms with E-state index in [-0.39, 0.29) is 6.04 Å². The van der Waals surface area contributed by atoms with Crippen molar-refractivity contribution in [1.29, 1.82) is 0 Å². The highest BCUT2D eigenvalue weighted by molar-refractivity contribution is 5.29. The zero-order valence-electron chi connectivity index (χ0n) is 15.0. The number of hydrogen-bond acceptors (Lipinski definition) is 6. The van der Waals surface area contributed by atoms with Gasteiger partial charge in [0, 0.05) is 26.0 Å². The van der Waals surface area contributed by atoms with Crippen molar-refractivity contribution in [2.75, 3.05) is 6.54 Å². The number of likely N-dealkylation sites (tertiary alicyclic amines) is 1. The topological polar surface area (TPSA) is 69.0 Å². The molecule has 0 unspecified atom stereocenters. The summed E-state index contributed by atoms with van der Waals surface area (Å²) in [6.07, 6.45) is 11.2. The maximum absolute atomic E-state index is 5.90. The van der Waals surface area contributed by atoms with E-state index in [9.17, 15) is 0 Å². The molecule has 134 valence electrons. The van der Waals surface area contributed by atoms with Crippen LogP contribution in [-0.2, 0) is 13.6 Å². The van der Waals surface area contributed by atoms with Crippen molar-refractivity contribution in [2.45, 2.75) is 32.4 Å². The Labute approximate surface area is 152 Å². The van der Waals surface area contributed by atoms with Gasteiger partial charge in [-0.25, -0.2) is 9.97 Å². The lowest BCUT2D eigenvalue weighted by atomic mass is 10.1. The van der Waals surface area contributed by atoms with Crippen LogP contribution < -0.4 is 4.74 Å². The number of imidazole rings is 1. The number of hydrogen-bond donors (Lipinski definition) is 0. The van der Waals surface area contributed by atoms with E-state index in [0.717, 1.165) is 37.3 Å². The minimum absolute atomic E-state index is 0.246. The Hall–Kier alpha value is -2.80. The third-order valence-electron chi connectivity index (χ3n) is 4.79. The van der Waals surface area contributed by atoms with Gasteiger partial charge in [-0.05, 0) is 38.4 Å². The first kappa shape index (κ1) is 16.7. The molecule has 4 heterocycles. The summed E-state index contributed by atoms with van der Waals surface area (Å²) in [7, 11) is 2.03. The van der Waals surface area contributed by atoms with E-state index in [0.29, 0.717) is 11.6 Å². The first-order valence-electron chi connectivity index (χ1n) is 8.81. The Morgan fingerprint density at radius 2 is 2.15 bits per heavy atom. The van der Waals surface area contributed by atoms with Crippen molar-refractivity contribution >= 4 is 0 Å². The fourth-order valence-electron chi connectivity index (χ4n) is 3.36. The van der Waals surface area contributed by atoms with Crippen LogP contribution in [0.1, 0.15) is 36.0 Å². The fraction of sp³-hybridized carbons (Fsp3) is 0.368. The van der Waals surface area contributed by atoms with Crippen LogP contribution in [0.2, 0.25) is 0 Å². The van der Waals surface area contributed by atoms with Crippen LogP contribution in [0.4, 0.5) is 0 Å². The number of rotatable bonds is 5. The highest BCUT2D eigenvalue weighted by atomic mass is 16.5. The minimum Gasteiger partial charge on any atom is -0.436 e. The predicted molar refractivity (Wildman–Crippen MR) is 96.7 cm³/mol. The summed E-state index contributed by atoms with van der Waals surface area (Å²) in [4.78, 5) is 20.0. The molecule has 3 aromatic rings. The summed E-state index contributed by atoms with van der Waals surface area (Å²) < 4.78 is 7.96. The first-order valence-corrected chi connectivity index (χ1v) is 8.81. The van der Waals surface area contributed by atoms with Crippen LogP contribution >= 0.6 is 0 Å². The Kier molecular flexibility index (Phi) is 4.62. The average molecular weight is 350 g/mol. The van der Waals surface area contributed by atoms with Gasteiger partial charge in [0.15, 0.2) is 5.75 Å². The summed E-state index contributed by atoms with van der Waals surface area (Å²) >= 11 is 0. The molecule has 7 heteroatoms. The van der Waals surface area contributed by atoms with E-state index in [1.54, 1.807) is 12.4 Å². The van der Waals surface area contributed by atoms with Gasteiger partial charge in [0.2, 0.25) is 5.88 Å². The molecule has 0 aliphatic carbocycles. The minimum atomic E-state index is 0.246. The van der Waals surface area contributed by atoms with Crippen LogP contribution in [0, 0.1) is 6.92 Å². The summed E-state index contributed by atoms with van der Waals surface area (Å²) in [5.74, 6) is 1.21. The van der Waals surface area contributed by atoms with Gasteiger partial charge in [-0.15, -0.1) is 0 Å². The zero-order valence-corrected chi connectivity index (χ0v) is 15.0. The van der Waals surface area contributed by atoms with Crippen molar-refractivity contribution in [3.05, 3.63) is 60.3 Å². The second-order valence-corrected chi connectivity index (χ2v) is 6.60. The molecule has 1 aliphatic heterocycles. The number of aryl methyl sites for hydroxylation is 2. The molecule has 1 saturated heterocycles. The van der Waals surface area contributed by atoms with Gasteiger partial charge in [0.1, 0.15) is 0 Å². The molecule has 0 bridgehead atoms. The van der Waals surface area contributed by atoms with Gasteiger partial charge in [-0.2, -0.15) is 0 Å². The standard InChI is InChI=1S/C19H22N6O/c1-14-18(6-3-7-22-14)26-19-11-20-10-16(23-19)17-5-4-8-25(17)12-15-9-21-13-24(15)2/h3,6-7,9-11,13,17H,4-5,8,12H2,1-2H3/t17-/m1/s1. The quantitative estimate of drug-likeness (QED) is 0.704. The smallest absolute Gasteiger partial charge is 0.238 e. The van der Waals surface area contributed by atoms with Gasteiger partial charge < -0.3 is 9.30 Å². The van der Waals surface area contributed by atoms with Gasteiger partial charge in [-0.3, -0.25) is 14.9 Å². The van der Waals surface area contributed by atoms with Crippen LogP contribution in [-0.4, -0.2) is 35.9 Å². The molecular weight excluding hydrogens is 328 g/mol. The molecule has 1 atom stereocenters. The lowest BCUT2D eigenvalue weighted by Gasteiger charge is -2.24. The molecule has 7 nitrogen and oxygen atoms in total. The highest BCUT2D eigenvalue weighted by Crippen LogP contribution is 2.33. The molecule has 0 amide bonds. The highest BCUT2D eigenvalue weighted by Gasteiger charge is 2.28. The molecule has 3 aromatic heterocycles. The fourth-order valence-corrected chi connectivity index (χ4v) is 3.36. The Balaban J connectivity index is 1.53. The maximum Gasteiger partial charge on any atom is 0.238 e. The second-order valence-electron chi connectivity index (χ2n) is 6.60. The van der Waals surface area contributed by atoms with Crippen molar-refractivity contribution in [2.24, 2.45) is 7.05 Å². The Morgan fingerprint density at radius 3 is 2.96 bits per heavy atom. The van der Waals surface area contributed by atoms with Gasteiger partial charge >= 0.3 is 0 Å². The molecule has 1 aliphatic rings. The lowest BCUT2D eigenvalue weighted by Crippen LogP contribution is -2.24. The van der Waals surface area contributed by atoms with E-state index in [1.165, 1.54) is 5.69 Å². The first-order chi connectivity index (χ1) is 12.7. The van der Waals surface area contributed by atoms with E-state index >= 15 is 0 Å². The van der Waals surface area contributed by atoms with Crippen molar-refractivity contribution in [1.82, 2.24) is 29.4 Å². The molecular formula is C19H22N6O. The summed E-state index contributed by atoms with van der Waals surface area (Å²) in [5, 5.41) is 0. The molecule has 0 N–H and O–H groups in total. The van der Waals surface area contributed by atoms with E-state index < -0.39 is 0 Å². The molecule has 4 rings (SSSR count). The summed E-state index contributed by atoms with van der Waals surface area (Å²) in [6.45, 7) is 3.82. The third-order valence-corrected chi connectivity index (χ3v) is 4.79. The number of ether oxygens (including phenoxy) is 1. The van der Waals surface area contributed by atoms with E-state index in [1.807, 2.05) is 44.8 Å². The molecule has 0 spiro atoms. The normalized spacial score (nSPS) is 17.5. The van der Waals surface area contributed by atoms with Crippen molar-refractivity contribution < 1.29 is 4.74 Å². The van der Waals surface area contributed by atoms with Crippen molar-refractivity contribution in [3.63, 3.8) is 0 Å². The monoisotopic (exact) mass is 350 g/mol. The molecule has 0 aromatic carbocycles. The average Bonchev–Trinajstić information content (AvgIpc) is 3.27. The summed E-state index contributed by atoms with van der Waals surface area (Å²) in [6, 6.07) is 3.99. The van der Waals surface area contributed by atoms with Gasteiger partial charge in [0.25, 0.3) is 0 Å². The molecule has 0 saturated carbocycles. The predicted octanol–water partition coefficient (Wildman–Crippen LogP) is 3.04. The SMILES string of the molecule is Cc1ncccc1Oc1cncc([C@H]2CCCN2Cc2cncn2C)n1. The van der Waals surface area contributed by atoms with Crippen LogP contribution in [0.25, 0.3) is 0 Å². The zero-order chi connectivity index (χ0) is 17.9. The third kappa shape index (κ3) is 3.43. The molecule has 1 fully saturated rings. The maximum atomic E-state index is 5.90. The van der Waals surface area contributed by atoms with Gasteiger partial charge in [-0.1, -0.05) is 0 Å². The number of nitrogens with zero attached hydrogens (tertiary/aromatic N) is 6. The number of pyridine rings is 1. The van der Waals surface area contributed by atoms with Crippen LogP contribution in [0.15, 0.2) is 43.2 Å². The Morgan fingerprint density at radius 1 is 1.23 bits per heavy atom. The lowest BCUT2D eigenvalue weighted by molar-refractivity contribution is 0.237. The second kappa shape index (κ2) is 7.21. The Bertz CT molecular complexity index is 893. The van der Waals surface area contributed by atoms with Crippen LogP contribution in [0.3, 0.4) is 0 Å². The summed E-state index contributed by atoms with van der Waals surface area (Å²) in [5.41, 5.74) is 2.98. The largest absolute Gasteiger partial charge is 0.436 e.